The molecule has 33 heavy (non-hydrogen) atoms. The number of amides is 1. The van der Waals surface area contributed by atoms with E-state index in [1.807, 2.05) is 25.1 Å². The Kier molecular flexibility index (Phi) is 5.62. The van der Waals surface area contributed by atoms with Crippen molar-refractivity contribution in [2.45, 2.75) is 6.92 Å². The predicted octanol–water partition coefficient (Wildman–Crippen LogP) is 2.79. The van der Waals surface area contributed by atoms with Crippen molar-refractivity contribution in [2.24, 2.45) is 0 Å². The average Bonchev–Trinajstić information content (AvgIpc) is 2.84. The third-order valence-corrected chi connectivity index (χ3v) is 5.76. The van der Waals surface area contributed by atoms with Gasteiger partial charge >= 0.3 is 0 Å². The summed E-state index contributed by atoms with van der Waals surface area (Å²) in [6.45, 7) is 5.58. The Morgan fingerprint density at radius 1 is 0.879 bits per heavy atom. The SMILES string of the molecule is Cc1ncc(-c2cc3cc(NC(=O)c4ccnc(N5CCN(C)CC5)c4)ncc3cn2)cn1. The van der Waals surface area contributed by atoms with Gasteiger partial charge in [0, 0.05) is 73.7 Å². The van der Waals surface area contributed by atoms with Gasteiger partial charge < -0.3 is 15.1 Å². The van der Waals surface area contributed by atoms with Crippen molar-refractivity contribution < 1.29 is 4.79 Å². The number of aryl methyl sites for hydroxylation is 1. The highest BCUT2D eigenvalue weighted by Gasteiger charge is 2.17. The van der Waals surface area contributed by atoms with Crippen LogP contribution in [0.25, 0.3) is 22.0 Å². The number of likely N-dealkylation sites (N-methyl/N-ethyl adjacent to an activating group) is 1. The Morgan fingerprint density at radius 2 is 1.64 bits per heavy atom. The molecule has 0 radical (unpaired) electrons. The molecular formula is C24H24N8O. The lowest BCUT2D eigenvalue weighted by Crippen LogP contribution is -2.44. The predicted molar refractivity (Wildman–Crippen MR) is 127 cm³/mol. The number of hydrogen-bond donors (Lipinski definition) is 1. The van der Waals surface area contributed by atoms with Crippen molar-refractivity contribution in [2.75, 3.05) is 43.4 Å². The molecule has 4 aromatic heterocycles. The lowest BCUT2D eigenvalue weighted by molar-refractivity contribution is 0.102. The van der Waals surface area contributed by atoms with Crippen molar-refractivity contribution in [3.8, 4) is 11.3 Å². The molecule has 1 N–H and O–H groups in total. The van der Waals surface area contributed by atoms with Gasteiger partial charge in [0.25, 0.3) is 5.91 Å². The maximum atomic E-state index is 12.9. The number of nitrogens with zero attached hydrogens (tertiary/aromatic N) is 7. The Morgan fingerprint density at radius 3 is 2.42 bits per heavy atom. The van der Waals surface area contributed by atoms with Gasteiger partial charge in [-0.15, -0.1) is 0 Å². The first kappa shape index (κ1) is 20.9. The van der Waals surface area contributed by atoms with E-state index in [-0.39, 0.29) is 5.91 Å². The Labute approximate surface area is 191 Å². The first-order chi connectivity index (χ1) is 16.0. The molecule has 4 aromatic rings. The fourth-order valence-electron chi connectivity index (χ4n) is 3.75. The van der Waals surface area contributed by atoms with E-state index < -0.39 is 0 Å². The van der Waals surface area contributed by atoms with Crippen LogP contribution >= 0.6 is 0 Å². The van der Waals surface area contributed by atoms with E-state index >= 15 is 0 Å². The van der Waals surface area contributed by atoms with Gasteiger partial charge in [-0.25, -0.2) is 19.9 Å². The molecule has 1 aliphatic heterocycles. The molecule has 5 heterocycles. The van der Waals surface area contributed by atoms with Crippen LogP contribution in [0.15, 0.2) is 55.2 Å². The molecule has 5 rings (SSSR count). The first-order valence-electron chi connectivity index (χ1n) is 10.8. The Bertz CT molecular complexity index is 1300. The largest absolute Gasteiger partial charge is 0.354 e. The van der Waals surface area contributed by atoms with E-state index in [2.05, 4.69) is 47.1 Å². The number of piperazine rings is 1. The summed E-state index contributed by atoms with van der Waals surface area (Å²) >= 11 is 0. The molecule has 9 heteroatoms. The Hall–Kier alpha value is -3.98. The van der Waals surface area contributed by atoms with Crippen LogP contribution in [0, 0.1) is 6.92 Å². The first-order valence-corrected chi connectivity index (χ1v) is 10.8. The summed E-state index contributed by atoms with van der Waals surface area (Å²) in [7, 11) is 2.11. The van der Waals surface area contributed by atoms with Crippen LogP contribution in [0.4, 0.5) is 11.6 Å². The number of carbonyl (C=O) groups excluding carboxylic acids is 1. The summed E-state index contributed by atoms with van der Waals surface area (Å²) in [5.41, 5.74) is 2.14. The summed E-state index contributed by atoms with van der Waals surface area (Å²) in [4.78, 5) is 39.2. The molecule has 9 nitrogen and oxygen atoms in total. The molecule has 0 bridgehead atoms. The fraction of sp³-hybridized carbons (Fsp3) is 0.250. The van der Waals surface area contributed by atoms with E-state index in [1.54, 1.807) is 37.1 Å². The zero-order valence-corrected chi connectivity index (χ0v) is 18.6. The lowest BCUT2D eigenvalue weighted by Gasteiger charge is -2.33. The molecule has 1 amide bonds. The second-order valence-corrected chi connectivity index (χ2v) is 8.15. The molecule has 1 fully saturated rings. The summed E-state index contributed by atoms with van der Waals surface area (Å²) in [6.07, 6.45) is 8.64. The van der Waals surface area contributed by atoms with Crippen LogP contribution in [0.1, 0.15) is 16.2 Å². The zero-order chi connectivity index (χ0) is 22.8. The molecule has 0 saturated carbocycles. The fourth-order valence-corrected chi connectivity index (χ4v) is 3.75. The Balaban J connectivity index is 1.36. The van der Waals surface area contributed by atoms with E-state index in [4.69, 9.17) is 0 Å². The van der Waals surface area contributed by atoms with Crippen LogP contribution in [0.5, 0.6) is 0 Å². The minimum atomic E-state index is -0.221. The van der Waals surface area contributed by atoms with Gasteiger partial charge in [-0.2, -0.15) is 0 Å². The highest BCUT2D eigenvalue weighted by molar-refractivity contribution is 6.05. The highest BCUT2D eigenvalue weighted by atomic mass is 16.1. The minimum absolute atomic E-state index is 0.221. The van der Waals surface area contributed by atoms with Crippen molar-refractivity contribution in [3.05, 3.63) is 66.6 Å². The van der Waals surface area contributed by atoms with E-state index in [0.717, 1.165) is 54.0 Å². The average molecular weight is 441 g/mol. The number of fused-ring (bicyclic) bond motifs is 1. The third-order valence-electron chi connectivity index (χ3n) is 5.76. The number of pyridine rings is 3. The maximum absolute atomic E-state index is 12.9. The van der Waals surface area contributed by atoms with Gasteiger partial charge in [0.15, 0.2) is 0 Å². The number of nitrogens with one attached hydrogen (secondary N) is 1. The van der Waals surface area contributed by atoms with Crippen molar-refractivity contribution in [1.82, 2.24) is 29.8 Å². The standard InChI is InChI=1S/C24H24N8O/c1-16-26-14-20(15-27-16)21-9-18-10-22(29-13-19(18)12-28-21)30-24(33)17-3-4-25-23(11-17)32-7-5-31(2)6-8-32/h3-4,9-15H,5-8H2,1-2H3,(H,29,30,33). The summed E-state index contributed by atoms with van der Waals surface area (Å²) < 4.78 is 0. The summed E-state index contributed by atoms with van der Waals surface area (Å²) in [5.74, 6) is 1.78. The second-order valence-electron chi connectivity index (χ2n) is 8.15. The van der Waals surface area contributed by atoms with Gasteiger partial charge in [0.05, 0.1) is 5.69 Å². The summed E-state index contributed by atoms with van der Waals surface area (Å²) in [5, 5.41) is 4.70. The van der Waals surface area contributed by atoms with Gasteiger partial charge in [-0.3, -0.25) is 9.78 Å². The van der Waals surface area contributed by atoms with E-state index in [0.29, 0.717) is 17.2 Å². The quantitative estimate of drug-likeness (QED) is 0.517. The summed E-state index contributed by atoms with van der Waals surface area (Å²) in [6, 6.07) is 7.34. The number of hydrogen-bond acceptors (Lipinski definition) is 8. The van der Waals surface area contributed by atoms with Gasteiger partial charge in [0.1, 0.15) is 17.5 Å². The molecule has 0 aliphatic carbocycles. The monoisotopic (exact) mass is 440 g/mol. The number of carbonyl (C=O) groups is 1. The molecular weight excluding hydrogens is 416 g/mol. The molecule has 0 atom stereocenters. The normalized spacial score (nSPS) is 14.4. The topological polar surface area (TPSA) is 100 Å². The maximum Gasteiger partial charge on any atom is 0.257 e. The lowest BCUT2D eigenvalue weighted by atomic mass is 10.1. The second kappa shape index (κ2) is 8.87. The molecule has 166 valence electrons. The minimum Gasteiger partial charge on any atom is -0.354 e. The van der Waals surface area contributed by atoms with Crippen molar-refractivity contribution in [3.63, 3.8) is 0 Å². The number of rotatable bonds is 4. The van der Waals surface area contributed by atoms with Gasteiger partial charge in [0.2, 0.25) is 0 Å². The molecule has 0 spiro atoms. The van der Waals surface area contributed by atoms with Crippen molar-refractivity contribution in [1.29, 1.82) is 0 Å². The van der Waals surface area contributed by atoms with E-state index in [1.165, 1.54) is 0 Å². The zero-order valence-electron chi connectivity index (χ0n) is 18.6. The van der Waals surface area contributed by atoms with Crippen LogP contribution in [-0.2, 0) is 0 Å². The van der Waals surface area contributed by atoms with Gasteiger partial charge in [-0.05, 0) is 43.6 Å². The molecule has 1 aliphatic rings. The number of anilines is 2. The number of aromatic nitrogens is 5. The van der Waals surface area contributed by atoms with Crippen LogP contribution < -0.4 is 10.2 Å². The molecule has 0 unspecified atom stereocenters. The van der Waals surface area contributed by atoms with Crippen LogP contribution in [0.3, 0.4) is 0 Å². The van der Waals surface area contributed by atoms with Gasteiger partial charge in [-0.1, -0.05) is 0 Å². The van der Waals surface area contributed by atoms with Crippen LogP contribution in [0.2, 0.25) is 0 Å². The van der Waals surface area contributed by atoms with Crippen LogP contribution in [-0.4, -0.2) is 69.0 Å². The molecule has 1 saturated heterocycles. The third kappa shape index (κ3) is 4.63. The van der Waals surface area contributed by atoms with Crippen molar-refractivity contribution >= 4 is 28.3 Å². The molecule has 0 aromatic carbocycles. The van der Waals surface area contributed by atoms with E-state index in [9.17, 15) is 4.79 Å². The smallest absolute Gasteiger partial charge is 0.257 e. The highest BCUT2D eigenvalue weighted by Crippen LogP contribution is 2.23.